The molecule has 0 radical (unpaired) electrons. The molecule has 0 unspecified atom stereocenters. The molecule has 2 rings (SSSR count). The Kier molecular flexibility index (Phi) is 7.79. The molecule has 0 saturated heterocycles. The molecule has 6 heteroatoms. The van der Waals surface area contributed by atoms with Crippen molar-refractivity contribution in [1.82, 2.24) is 10.6 Å². The van der Waals surface area contributed by atoms with E-state index in [-0.39, 0.29) is 5.75 Å². The van der Waals surface area contributed by atoms with E-state index in [4.69, 9.17) is 9.47 Å². The number of para-hydroxylation sites is 1. The van der Waals surface area contributed by atoms with Crippen LogP contribution in [0, 0.1) is 6.92 Å². The quantitative estimate of drug-likeness (QED) is 0.491. The van der Waals surface area contributed by atoms with Gasteiger partial charge in [-0.05, 0) is 38.0 Å². The average molecular weight is 371 g/mol. The lowest BCUT2D eigenvalue weighted by atomic mass is 10.1. The van der Waals surface area contributed by atoms with E-state index in [0.29, 0.717) is 23.8 Å². The van der Waals surface area contributed by atoms with Crippen LogP contribution in [0.2, 0.25) is 0 Å². The Balaban J connectivity index is 2.01. The maximum Gasteiger partial charge on any atom is 0.191 e. The lowest BCUT2D eigenvalue weighted by molar-refractivity contribution is 0.370. The summed E-state index contributed by atoms with van der Waals surface area (Å²) in [7, 11) is 3.22. The molecule has 146 valence electrons. The molecule has 0 aliphatic heterocycles. The molecule has 2 aromatic rings. The summed E-state index contributed by atoms with van der Waals surface area (Å²) in [6.07, 6.45) is 0.819. The van der Waals surface area contributed by atoms with Crippen molar-refractivity contribution in [3.05, 3.63) is 53.1 Å². The van der Waals surface area contributed by atoms with Crippen molar-refractivity contribution in [1.29, 1.82) is 0 Å². The number of guanidine groups is 1. The fourth-order valence-electron chi connectivity index (χ4n) is 2.78. The highest BCUT2D eigenvalue weighted by Crippen LogP contribution is 2.29. The smallest absolute Gasteiger partial charge is 0.191 e. The normalized spacial score (nSPS) is 11.2. The van der Waals surface area contributed by atoms with E-state index in [1.165, 1.54) is 12.7 Å². The van der Waals surface area contributed by atoms with Crippen molar-refractivity contribution in [2.45, 2.75) is 26.8 Å². The van der Waals surface area contributed by atoms with Crippen LogP contribution in [-0.2, 0) is 13.0 Å². The van der Waals surface area contributed by atoms with Crippen LogP contribution in [0.15, 0.2) is 41.4 Å². The van der Waals surface area contributed by atoms with E-state index < -0.39 is 0 Å². The van der Waals surface area contributed by atoms with E-state index in [1.807, 2.05) is 31.2 Å². The Morgan fingerprint density at radius 3 is 2.52 bits per heavy atom. The first kappa shape index (κ1) is 20.4. The van der Waals surface area contributed by atoms with Crippen LogP contribution in [0.1, 0.15) is 23.6 Å². The standard InChI is InChI=1S/C21H29N3O3/c1-5-22-21(24-14-17-7-6-8-19(27-4)20(17)25)23-12-11-16-13-15(2)9-10-18(16)26-3/h6-10,13,25H,5,11-12,14H2,1-4H3,(H2,22,23,24). The third kappa shape index (κ3) is 5.81. The van der Waals surface area contributed by atoms with Crippen molar-refractivity contribution in [3.8, 4) is 17.2 Å². The number of aliphatic imine (C=N–C) groups is 1. The van der Waals surface area contributed by atoms with Gasteiger partial charge in [0.15, 0.2) is 17.5 Å². The van der Waals surface area contributed by atoms with Crippen LogP contribution in [0.4, 0.5) is 0 Å². The van der Waals surface area contributed by atoms with Crippen LogP contribution < -0.4 is 20.1 Å². The van der Waals surface area contributed by atoms with Crippen molar-refractivity contribution in [2.24, 2.45) is 4.99 Å². The number of hydrogen-bond donors (Lipinski definition) is 3. The van der Waals surface area contributed by atoms with Gasteiger partial charge in [-0.3, -0.25) is 0 Å². The lowest BCUT2D eigenvalue weighted by Gasteiger charge is -2.14. The maximum atomic E-state index is 10.2. The second kappa shape index (κ2) is 10.3. The molecule has 3 N–H and O–H groups in total. The summed E-state index contributed by atoms with van der Waals surface area (Å²) in [6, 6.07) is 11.6. The molecular weight excluding hydrogens is 342 g/mol. The third-order valence-corrected chi connectivity index (χ3v) is 4.18. The molecule has 0 aliphatic carbocycles. The Bertz CT molecular complexity index is 775. The van der Waals surface area contributed by atoms with Crippen molar-refractivity contribution in [2.75, 3.05) is 27.3 Å². The predicted octanol–water partition coefficient (Wildman–Crippen LogP) is 3.02. The van der Waals surface area contributed by atoms with Crippen LogP contribution in [0.25, 0.3) is 0 Å². The van der Waals surface area contributed by atoms with E-state index >= 15 is 0 Å². The number of aromatic hydroxyl groups is 1. The highest BCUT2D eigenvalue weighted by molar-refractivity contribution is 5.79. The van der Waals surface area contributed by atoms with E-state index in [0.717, 1.165) is 30.8 Å². The maximum absolute atomic E-state index is 10.2. The van der Waals surface area contributed by atoms with Gasteiger partial charge in [0.25, 0.3) is 0 Å². The second-order valence-corrected chi connectivity index (χ2v) is 6.16. The summed E-state index contributed by atoms with van der Waals surface area (Å²) in [5, 5.41) is 16.7. The van der Waals surface area contributed by atoms with Gasteiger partial charge in [0.1, 0.15) is 5.75 Å². The number of rotatable bonds is 8. The topological polar surface area (TPSA) is 75.1 Å². The Labute approximate surface area is 161 Å². The van der Waals surface area contributed by atoms with Gasteiger partial charge in [-0.2, -0.15) is 0 Å². The van der Waals surface area contributed by atoms with Crippen LogP contribution in [0.3, 0.4) is 0 Å². The van der Waals surface area contributed by atoms with E-state index in [9.17, 15) is 5.11 Å². The number of phenolic OH excluding ortho intramolecular Hbond substituents is 1. The molecule has 27 heavy (non-hydrogen) atoms. The largest absolute Gasteiger partial charge is 0.504 e. The highest BCUT2D eigenvalue weighted by Gasteiger charge is 2.08. The van der Waals surface area contributed by atoms with Crippen molar-refractivity contribution in [3.63, 3.8) is 0 Å². The SMILES string of the molecule is CCNC(=NCc1cccc(OC)c1O)NCCc1cc(C)ccc1OC. The van der Waals surface area contributed by atoms with Gasteiger partial charge in [0.05, 0.1) is 20.8 Å². The first-order valence-electron chi connectivity index (χ1n) is 9.09. The number of phenols is 1. The number of aryl methyl sites for hydroxylation is 1. The summed E-state index contributed by atoms with van der Waals surface area (Å²) < 4.78 is 10.6. The molecule has 0 fully saturated rings. The Morgan fingerprint density at radius 2 is 1.81 bits per heavy atom. The van der Waals surface area contributed by atoms with Gasteiger partial charge in [-0.25, -0.2) is 4.99 Å². The van der Waals surface area contributed by atoms with Crippen molar-refractivity contribution < 1.29 is 14.6 Å². The molecule has 0 aromatic heterocycles. The highest BCUT2D eigenvalue weighted by atomic mass is 16.5. The first-order valence-corrected chi connectivity index (χ1v) is 9.09. The fourth-order valence-corrected chi connectivity index (χ4v) is 2.78. The molecule has 0 bridgehead atoms. The summed E-state index contributed by atoms with van der Waals surface area (Å²) in [6.45, 7) is 5.91. The minimum atomic E-state index is 0.129. The summed E-state index contributed by atoms with van der Waals surface area (Å²) >= 11 is 0. The number of benzene rings is 2. The van der Waals surface area contributed by atoms with Gasteiger partial charge in [-0.1, -0.05) is 29.8 Å². The zero-order valence-corrected chi connectivity index (χ0v) is 16.5. The van der Waals surface area contributed by atoms with Gasteiger partial charge in [0.2, 0.25) is 0 Å². The van der Waals surface area contributed by atoms with Gasteiger partial charge in [-0.15, -0.1) is 0 Å². The van der Waals surface area contributed by atoms with E-state index in [1.54, 1.807) is 13.2 Å². The molecule has 2 aromatic carbocycles. The monoisotopic (exact) mass is 371 g/mol. The molecule has 0 aliphatic rings. The Hall–Kier alpha value is -2.89. The molecule has 0 atom stereocenters. The average Bonchev–Trinajstić information content (AvgIpc) is 2.67. The minimum absolute atomic E-state index is 0.129. The Morgan fingerprint density at radius 1 is 1.04 bits per heavy atom. The van der Waals surface area contributed by atoms with Gasteiger partial charge in [0, 0.05) is 18.7 Å². The molecule has 6 nitrogen and oxygen atoms in total. The van der Waals surface area contributed by atoms with Gasteiger partial charge >= 0.3 is 0 Å². The second-order valence-electron chi connectivity index (χ2n) is 6.16. The summed E-state index contributed by atoms with van der Waals surface area (Å²) in [4.78, 5) is 4.56. The van der Waals surface area contributed by atoms with Crippen molar-refractivity contribution >= 4 is 5.96 Å². The van der Waals surface area contributed by atoms with Crippen LogP contribution in [-0.4, -0.2) is 38.4 Å². The first-order chi connectivity index (χ1) is 13.1. The molecule has 0 spiro atoms. The van der Waals surface area contributed by atoms with Crippen LogP contribution >= 0.6 is 0 Å². The lowest BCUT2D eigenvalue weighted by Crippen LogP contribution is -2.38. The summed E-state index contributed by atoms with van der Waals surface area (Å²) in [5.74, 6) is 2.17. The molecular formula is C21H29N3O3. The number of nitrogens with zero attached hydrogens (tertiary/aromatic N) is 1. The fraction of sp³-hybridized carbons (Fsp3) is 0.381. The molecule has 0 heterocycles. The number of nitrogens with one attached hydrogen (secondary N) is 2. The summed E-state index contributed by atoms with van der Waals surface area (Å²) in [5.41, 5.74) is 3.08. The minimum Gasteiger partial charge on any atom is -0.504 e. The zero-order valence-electron chi connectivity index (χ0n) is 16.5. The van der Waals surface area contributed by atoms with Crippen LogP contribution in [0.5, 0.6) is 17.2 Å². The number of hydrogen-bond acceptors (Lipinski definition) is 4. The third-order valence-electron chi connectivity index (χ3n) is 4.18. The molecule has 0 saturated carbocycles. The van der Waals surface area contributed by atoms with Gasteiger partial charge < -0.3 is 25.2 Å². The predicted molar refractivity (Wildman–Crippen MR) is 109 cm³/mol. The van der Waals surface area contributed by atoms with E-state index in [2.05, 4.69) is 28.6 Å². The number of methoxy groups -OCH3 is 2. The zero-order chi connectivity index (χ0) is 19.6. The number of ether oxygens (including phenoxy) is 2. The molecule has 0 amide bonds.